The number of rotatable bonds is 8. The lowest BCUT2D eigenvalue weighted by Crippen LogP contribution is -2.11. The second-order valence-electron chi connectivity index (χ2n) is 8.53. The van der Waals surface area contributed by atoms with Gasteiger partial charge in [-0.2, -0.15) is 5.10 Å². The van der Waals surface area contributed by atoms with Crippen molar-refractivity contribution in [2.45, 2.75) is 39.7 Å². The molecule has 3 heterocycles. The normalized spacial score (nSPS) is 12.4. The van der Waals surface area contributed by atoms with Gasteiger partial charge in [-0.3, -0.25) is 9.67 Å². The number of pyridine rings is 1. The Morgan fingerprint density at radius 2 is 2.03 bits per heavy atom. The molecule has 33 heavy (non-hydrogen) atoms. The fourth-order valence-corrected chi connectivity index (χ4v) is 4.58. The van der Waals surface area contributed by atoms with Gasteiger partial charge in [0.2, 0.25) is 5.95 Å². The number of aryl methyl sites for hydroxylation is 2. The van der Waals surface area contributed by atoms with Gasteiger partial charge in [-0.25, -0.2) is 9.78 Å². The average Bonchev–Trinajstić information content (AvgIpc) is 3.27. The summed E-state index contributed by atoms with van der Waals surface area (Å²) < 4.78 is 4.93. The molecule has 4 aromatic rings. The number of anilines is 1. The zero-order valence-electron chi connectivity index (χ0n) is 18.9. The van der Waals surface area contributed by atoms with E-state index in [9.17, 15) is 9.90 Å². The first-order valence-electron chi connectivity index (χ1n) is 10.9. The molecule has 9 heteroatoms. The van der Waals surface area contributed by atoms with Crippen LogP contribution in [0.1, 0.15) is 41.5 Å². The Hall–Kier alpha value is -3.20. The third-order valence-corrected chi connectivity index (χ3v) is 6.38. The highest BCUT2D eigenvalue weighted by Crippen LogP contribution is 2.27. The Balaban J connectivity index is 1.46. The van der Waals surface area contributed by atoms with Crippen molar-refractivity contribution in [3.63, 3.8) is 0 Å². The summed E-state index contributed by atoms with van der Waals surface area (Å²) >= 11 is 3.53. The second-order valence-corrected chi connectivity index (χ2v) is 9.44. The molecule has 8 nitrogen and oxygen atoms in total. The van der Waals surface area contributed by atoms with E-state index >= 15 is 0 Å². The zero-order valence-corrected chi connectivity index (χ0v) is 20.5. The Labute approximate surface area is 200 Å². The smallest absolute Gasteiger partial charge is 0.335 e. The highest BCUT2D eigenvalue weighted by molar-refractivity contribution is 9.10. The van der Waals surface area contributed by atoms with E-state index in [4.69, 9.17) is 5.73 Å². The summed E-state index contributed by atoms with van der Waals surface area (Å²) in [5, 5.41) is 13.8. The minimum atomic E-state index is -0.959. The highest BCUT2D eigenvalue weighted by Gasteiger charge is 2.16. The zero-order chi connectivity index (χ0) is 23.7. The lowest BCUT2D eigenvalue weighted by molar-refractivity contribution is 0.0696. The molecule has 0 bridgehead atoms. The van der Waals surface area contributed by atoms with Gasteiger partial charge < -0.3 is 15.4 Å². The maximum atomic E-state index is 11.5. The number of hydrogen-bond donors (Lipinski definition) is 2. The molecule has 172 valence electrons. The summed E-state index contributed by atoms with van der Waals surface area (Å²) in [5.41, 5.74) is 11.6. The first-order chi connectivity index (χ1) is 15.7. The molecule has 3 aromatic heterocycles. The molecule has 1 aromatic carbocycles. The maximum absolute atomic E-state index is 11.5. The summed E-state index contributed by atoms with van der Waals surface area (Å²) in [5.74, 6) is -0.0287. The van der Waals surface area contributed by atoms with Gasteiger partial charge >= 0.3 is 5.97 Å². The Morgan fingerprint density at radius 3 is 2.79 bits per heavy atom. The van der Waals surface area contributed by atoms with E-state index in [1.165, 1.54) is 0 Å². The van der Waals surface area contributed by atoms with E-state index in [2.05, 4.69) is 42.5 Å². The van der Waals surface area contributed by atoms with Crippen molar-refractivity contribution in [2.24, 2.45) is 13.0 Å². The molecule has 3 N–H and O–H groups in total. The number of carboxylic acid groups (broad SMARTS) is 1. The van der Waals surface area contributed by atoms with Crippen molar-refractivity contribution in [3.8, 4) is 11.3 Å². The Bertz CT molecular complexity index is 1330. The van der Waals surface area contributed by atoms with Crippen LogP contribution < -0.4 is 5.73 Å². The number of carbonyl (C=O) groups is 1. The van der Waals surface area contributed by atoms with Crippen LogP contribution in [-0.4, -0.2) is 35.4 Å². The number of aromatic carboxylic acids is 1. The van der Waals surface area contributed by atoms with Crippen LogP contribution in [0.2, 0.25) is 0 Å². The predicted molar refractivity (Wildman–Crippen MR) is 132 cm³/mol. The van der Waals surface area contributed by atoms with Crippen LogP contribution in [-0.2, 0) is 20.0 Å². The van der Waals surface area contributed by atoms with E-state index in [0.29, 0.717) is 23.3 Å². The van der Waals surface area contributed by atoms with Gasteiger partial charge in [0, 0.05) is 35.0 Å². The molecule has 0 aliphatic carbocycles. The molecule has 0 radical (unpaired) electrons. The number of aromatic nitrogens is 5. The molecule has 1 atom stereocenters. The number of nitrogens with two attached hydrogens (primary N) is 1. The van der Waals surface area contributed by atoms with Crippen LogP contribution in [0.5, 0.6) is 0 Å². The molecule has 0 saturated carbocycles. The lowest BCUT2D eigenvalue weighted by atomic mass is 10.0. The van der Waals surface area contributed by atoms with Crippen molar-refractivity contribution in [2.75, 3.05) is 5.73 Å². The number of nitrogens with zero attached hydrogens (tertiary/aromatic N) is 5. The largest absolute Gasteiger partial charge is 0.478 e. The van der Waals surface area contributed by atoms with Crippen molar-refractivity contribution >= 4 is 38.9 Å². The summed E-state index contributed by atoms with van der Waals surface area (Å²) in [4.78, 5) is 20.5. The average molecular weight is 511 g/mol. The monoisotopic (exact) mass is 510 g/mol. The Kier molecular flexibility index (Phi) is 6.51. The topological polar surface area (TPSA) is 112 Å². The van der Waals surface area contributed by atoms with E-state index < -0.39 is 5.97 Å². The molecule has 0 aliphatic rings. The van der Waals surface area contributed by atoms with Gasteiger partial charge in [0.25, 0.3) is 0 Å². The molecule has 0 amide bonds. The highest BCUT2D eigenvalue weighted by atomic mass is 79.9. The fourth-order valence-electron chi connectivity index (χ4n) is 4.23. The molecular weight excluding hydrogens is 484 g/mol. The lowest BCUT2D eigenvalue weighted by Gasteiger charge is -2.15. The van der Waals surface area contributed by atoms with Gasteiger partial charge in [0.15, 0.2) is 0 Å². The van der Waals surface area contributed by atoms with Crippen molar-refractivity contribution in [1.82, 2.24) is 24.3 Å². The molecule has 0 aliphatic heterocycles. The standard InChI is InChI=1S/C24H27BrN6O2/c1-14(13-31-22-11-17(25)7-8-19(22)29-24(31)26)5-4-6-21-18(12-27-30(21)3)20-10-16(23(32)33)9-15(2)28-20/h7-12,14H,4-6,13H2,1-3H3,(H2,26,29)(H,32,33). The van der Waals surface area contributed by atoms with Crippen LogP contribution >= 0.6 is 15.9 Å². The van der Waals surface area contributed by atoms with Crippen LogP contribution in [0.15, 0.2) is 41.0 Å². The number of benzene rings is 1. The molecular formula is C24H27BrN6O2. The molecule has 0 spiro atoms. The molecule has 4 rings (SSSR count). The van der Waals surface area contributed by atoms with Gasteiger partial charge in [0.05, 0.1) is 28.5 Å². The van der Waals surface area contributed by atoms with Crippen molar-refractivity contribution in [3.05, 3.63) is 58.0 Å². The van der Waals surface area contributed by atoms with Gasteiger partial charge in [0.1, 0.15) is 0 Å². The number of nitrogen functional groups attached to an aromatic ring is 1. The van der Waals surface area contributed by atoms with Gasteiger partial charge in [-0.05, 0) is 62.4 Å². The summed E-state index contributed by atoms with van der Waals surface area (Å²) in [6.07, 6.45) is 4.54. The number of fused-ring (bicyclic) bond motifs is 1. The SMILES string of the molecule is Cc1cc(C(=O)O)cc(-c2cnn(C)c2CCCC(C)Cn2c(N)nc3ccc(Br)cc32)n1. The number of hydrogen-bond acceptors (Lipinski definition) is 5. The number of imidazole rings is 1. The minimum absolute atomic E-state index is 0.234. The first kappa shape index (κ1) is 23.0. The molecule has 1 unspecified atom stereocenters. The van der Waals surface area contributed by atoms with E-state index in [1.807, 2.05) is 29.9 Å². The predicted octanol–water partition coefficient (Wildman–Crippen LogP) is 4.84. The van der Waals surface area contributed by atoms with E-state index in [-0.39, 0.29) is 5.56 Å². The van der Waals surface area contributed by atoms with Crippen molar-refractivity contribution < 1.29 is 9.90 Å². The van der Waals surface area contributed by atoms with Crippen molar-refractivity contribution in [1.29, 1.82) is 0 Å². The summed E-state index contributed by atoms with van der Waals surface area (Å²) in [6, 6.07) is 9.18. The third kappa shape index (κ3) is 4.93. The third-order valence-electron chi connectivity index (χ3n) is 5.88. The van der Waals surface area contributed by atoms with Crippen LogP contribution in [0.3, 0.4) is 0 Å². The summed E-state index contributed by atoms with van der Waals surface area (Å²) in [6.45, 7) is 4.81. The first-order valence-corrected chi connectivity index (χ1v) is 11.7. The molecule has 0 saturated heterocycles. The van der Waals surface area contributed by atoms with Crippen LogP contribution in [0, 0.1) is 12.8 Å². The Morgan fingerprint density at radius 1 is 1.24 bits per heavy atom. The molecule has 0 fully saturated rings. The fraction of sp³-hybridized carbons (Fsp3) is 0.333. The van der Waals surface area contributed by atoms with E-state index in [0.717, 1.165) is 52.6 Å². The second kappa shape index (κ2) is 9.35. The van der Waals surface area contributed by atoms with Gasteiger partial charge in [-0.15, -0.1) is 0 Å². The quantitative estimate of drug-likeness (QED) is 0.350. The van der Waals surface area contributed by atoms with Crippen LogP contribution in [0.25, 0.3) is 22.3 Å². The summed E-state index contributed by atoms with van der Waals surface area (Å²) in [7, 11) is 1.91. The maximum Gasteiger partial charge on any atom is 0.335 e. The van der Waals surface area contributed by atoms with E-state index in [1.54, 1.807) is 25.3 Å². The minimum Gasteiger partial charge on any atom is -0.478 e. The number of carboxylic acids is 1. The number of halogens is 1. The van der Waals surface area contributed by atoms with Gasteiger partial charge in [-0.1, -0.05) is 22.9 Å². The van der Waals surface area contributed by atoms with Crippen LogP contribution in [0.4, 0.5) is 5.95 Å².